The molecule has 4 rings (SSSR count). The van der Waals surface area contributed by atoms with E-state index in [-0.39, 0.29) is 11.4 Å². The summed E-state index contributed by atoms with van der Waals surface area (Å²) in [4.78, 5) is 13.1. The molecule has 0 aliphatic heterocycles. The first-order valence-corrected chi connectivity index (χ1v) is 15.8. The second-order valence-electron chi connectivity index (χ2n) is 9.19. The van der Waals surface area contributed by atoms with E-state index in [0.717, 1.165) is 16.1 Å². The Balaban J connectivity index is 1.59. The zero-order valence-corrected chi connectivity index (χ0v) is 24.5. The molecule has 4 aromatic carbocycles. The monoisotopic (exact) mass is 597 g/mol. The minimum Gasteiger partial charge on any atom is -0.322 e. The Labute approximate surface area is 239 Å². The molecule has 0 atom stereocenters. The van der Waals surface area contributed by atoms with Gasteiger partial charge in [0.25, 0.3) is 15.9 Å². The maximum Gasteiger partial charge on any atom is 0.264 e. The van der Waals surface area contributed by atoms with Gasteiger partial charge in [0, 0.05) is 23.3 Å². The number of carbonyl (C=O) groups is 1. The second kappa shape index (κ2) is 11.7. The van der Waals surface area contributed by atoms with Crippen LogP contribution in [-0.2, 0) is 26.6 Å². The van der Waals surface area contributed by atoms with Crippen LogP contribution in [0.25, 0.3) is 0 Å². The Kier molecular flexibility index (Phi) is 8.53. The maximum atomic E-state index is 13.7. The summed E-state index contributed by atoms with van der Waals surface area (Å²) in [6, 6.07) is 26.3. The lowest BCUT2D eigenvalue weighted by molar-refractivity contribution is 0.102. The van der Waals surface area contributed by atoms with Crippen LogP contribution < -0.4 is 13.9 Å². The molecule has 0 bridgehead atoms. The summed E-state index contributed by atoms with van der Waals surface area (Å²) in [5.74, 6) is -0.398. The molecule has 0 saturated heterocycles. The SMILES string of the molecule is Cc1ccc(Cl)cc1N(Cc1ccc(C(=O)Nc2cccc(N(C)S(C)(=O)=O)c2)cc1)S(=O)(=O)c1ccccc1. The van der Waals surface area contributed by atoms with Crippen molar-refractivity contribution in [2.45, 2.75) is 18.4 Å². The van der Waals surface area contributed by atoms with Crippen LogP contribution >= 0.6 is 11.6 Å². The number of rotatable bonds is 9. The van der Waals surface area contributed by atoms with Crippen molar-refractivity contribution in [3.63, 3.8) is 0 Å². The summed E-state index contributed by atoms with van der Waals surface area (Å²) in [5, 5.41) is 3.18. The van der Waals surface area contributed by atoms with Gasteiger partial charge in [-0.25, -0.2) is 16.8 Å². The number of amides is 1. The van der Waals surface area contributed by atoms with E-state index in [4.69, 9.17) is 11.6 Å². The lowest BCUT2D eigenvalue weighted by atomic mass is 10.1. The van der Waals surface area contributed by atoms with Gasteiger partial charge in [-0.05, 0) is 72.6 Å². The largest absolute Gasteiger partial charge is 0.322 e. The molecule has 0 saturated carbocycles. The van der Waals surface area contributed by atoms with E-state index in [1.165, 1.54) is 11.4 Å². The van der Waals surface area contributed by atoms with E-state index < -0.39 is 26.0 Å². The molecule has 4 aromatic rings. The number of aryl methyl sites for hydroxylation is 1. The molecule has 0 heterocycles. The minimum absolute atomic E-state index is 0.0141. The Morgan fingerprint density at radius 1 is 0.850 bits per heavy atom. The predicted molar refractivity (Wildman–Crippen MR) is 160 cm³/mol. The first-order valence-electron chi connectivity index (χ1n) is 12.1. The number of sulfonamides is 2. The molecule has 0 unspecified atom stereocenters. The summed E-state index contributed by atoms with van der Waals surface area (Å²) in [6.45, 7) is 1.83. The molecule has 0 radical (unpaired) electrons. The molecule has 0 aromatic heterocycles. The van der Waals surface area contributed by atoms with Crippen molar-refractivity contribution in [2.75, 3.05) is 27.2 Å². The van der Waals surface area contributed by atoms with Gasteiger partial charge in [-0.2, -0.15) is 0 Å². The average molecular weight is 598 g/mol. The molecule has 8 nitrogen and oxygen atoms in total. The third-order valence-corrected chi connectivity index (χ3v) is 9.49. The predicted octanol–water partition coefficient (Wildman–Crippen LogP) is 5.69. The lowest BCUT2D eigenvalue weighted by Crippen LogP contribution is -2.31. The van der Waals surface area contributed by atoms with Gasteiger partial charge in [0.2, 0.25) is 10.0 Å². The highest BCUT2D eigenvalue weighted by molar-refractivity contribution is 7.92. The molecule has 1 amide bonds. The number of nitrogens with one attached hydrogen (secondary N) is 1. The lowest BCUT2D eigenvalue weighted by Gasteiger charge is -2.26. The van der Waals surface area contributed by atoms with E-state index >= 15 is 0 Å². The van der Waals surface area contributed by atoms with E-state index in [1.54, 1.807) is 97.1 Å². The Bertz CT molecular complexity index is 1740. The number of hydrogen-bond donors (Lipinski definition) is 1. The number of halogens is 1. The fourth-order valence-corrected chi connectivity index (χ4v) is 6.17. The fourth-order valence-electron chi connectivity index (χ4n) is 3.97. The third kappa shape index (κ3) is 6.64. The Morgan fingerprint density at radius 2 is 1.52 bits per heavy atom. The topological polar surface area (TPSA) is 104 Å². The van der Waals surface area contributed by atoms with Crippen molar-refractivity contribution in [1.29, 1.82) is 0 Å². The number of nitrogens with zero attached hydrogens (tertiary/aromatic N) is 2. The van der Waals surface area contributed by atoms with Gasteiger partial charge in [-0.1, -0.05) is 54.1 Å². The van der Waals surface area contributed by atoms with Crippen molar-refractivity contribution in [3.05, 3.63) is 119 Å². The van der Waals surface area contributed by atoms with Crippen molar-refractivity contribution >= 4 is 54.6 Å². The standard InChI is InChI=1S/C29H28ClN3O5S2/c1-21-12-17-24(30)18-28(21)33(40(37,38)27-10-5-4-6-11-27)20-22-13-15-23(16-14-22)29(34)31-25-8-7-9-26(19-25)32(2)39(3,35)36/h4-19H,20H2,1-3H3,(H,31,34). The Hall–Kier alpha value is -3.86. The molecule has 208 valence electrons. The first-order chi connectivity index (χ1) is 18.9. The van der Waals surface area contributed by atoms with Crippen molar-refractivity contribution in [1.82, 2.24) is 0 Å². The average Bonchev–Trinajstić information content (AvgIpc) is 2.93. The van der Waals surface area contributed by atoms with E-state index in [2.05, 4.69) is 5.32 Å². The molecule has 40 heavy (non-hydrogen) atoms. The van der Waals surface area contributed by atoms with Gasteiger partial charge in [0.05, 0.1) is 29.1 Å². The second-order valence-corrected chi connectivity index (χ2v) is 13.5. The van der Waals surface area contributed by atoms with Crippen molar-refractivity contribution < 1.29 is 21.6 Å². The Morgan fingerprint density at radius 3 is 2.17 bits per heavy atom. The van der Waals surface area contributed by atoms with Gasteiger partial charge in [-0.15, -0.1) is 0 Å². The molecular weight excluding hydrogens is 570 g/mol. The van der Waals surface area contributed by atoms with E-state index in [1.807, 2.05) is 6.92 Å². The molecule has 0 aliphatic carbocycles. The quantitative estimate of drug-likeness (QED) is 0.267. The summed E-state index contributed by atoms with van der Waals surface area (Å²) >= 11 is 6.23. The van der Waals surface area contributed by atoms with Crippen LogP contribution in [0.4, 0.5) is 17.1 Å². The van der Waals surface area contributed by atoms with Crippen LogP contribution in [0.2, 0.25) is 5.02 Å². The highest BCUT2D eigenvalue weighted by Gasteiger charge is 2.26. The van der Waals surface area contributed by atoms with Crippen molar-refractivity contribution in [2.24, 2.45) is 0 Å². The number of anilines is 3. The van der Waals surface area contributed by atoms with Gasteiger partial charge in [0.1, 0.15) is 0 Å². The maximum absolute atomic E-state index is 13.7. The zero-order valence-electron chi connectivity index (χ0n) is 22.1. The highest BCUT2D eigenvalue weighted by atomic mass is 35.5. The summed E-state index contributed by atoms with van der Waals surface area (Å²) in [6.07, 6.45) is 1.10. The third-order valence-electron chi connectivity index (χ3n) is 6.28. The van der Waals surface area contributed by atoms with Crippen LogP contribution in [0.3, 0.4) is 0 Å². The summed E-state index contributed by atoms with van der Waals surface area (Å²) in [5.41, 5.74) is 3.04. The van der Waals surface area contributed by atoms with Crippen molar-refractivity contribution in [3.8, 4) is 0 Å². The molecule has 11 heteroatoms. The molecule has 1 N–H and O–H groups in total. The van der Waals surface area contributed by atoms with E-state index in [0.29, 0.717) is 33.2 Å². The smallest absolute Gasteiger partial charge is 0.264 e. The van der Waals surface area contributed by atoms with E-state index in [9.17, 15) is 21.6 Å². The minimum atomic E-state index is -3.93. The van der Waals surface area contributed by atoms with Crippen LogP contribution in [0.5, 0.6) is 0 Å². The normalized spacial score (nSPS) is 11.6. The van der Waals surface area contributed by atoms with Gasteiger partial charge in [-0.3, -0.25) is 13.4 Å². The molecule has 0 fully saturated rings. The molecule has 0 spiro atoms. The highest BCUT2D eigenvalue weighted by Crippen LogP contribution is 2.31. The molecule has 0 aliphatic rings. The zero-order chi connectivity index (χ0) is 29.1. The van der Waals surface area contributed by atoms with Gasteiger partial charge < -0.3 is 5.32 Å². The van der Waals surface area contributed by atoms with Crippen LogP contribution in [0.15, 0.2) is 102 Å². The number of carbonyl (C=O) groups excluding carboxylic acids is 1. The van der Waals surface area contributed by atoms with Crippen LogP contribution in [-0.4, -0.2) is 36.0 Å². The summed E-state index contributed by atoms with van der Waals surface area (Å²) < 4.78 is 53.5. The molecular formula is C29H28ClN3O5S2. The fraction of sp³-hybridized carbons (Fsp3) is 0.138. The van der Waals surface area contributed by atoms with Crippen LogP contribution in [0.1, 0.15) is 21.5 Å². The number of benzene rings is 4. The number of hydrogen-bond acceptors (Lipinski definition) is 5. The first kappa shape index (κ1) is 29.1. The van der Waals surface area contributed by atoms with Gasteiger partial charge >= 0.3 is 0 Å². The van der Waals surface area contributed by atoms with Gasteiger partial charge in [0.15, 0.2) is 0 Å². The summed E-state index contributed by atoms with van der Waals surface area (Å²) in [7, 11) is -5.96. The van der Waals surface area contributed by atoms with Crippen LogP contribution in [0, 0.1) is 6.92 Å².